The van der Waals surface area contributed by atoms with E-state index < -0.39 is 0 Å². The van der Waals surface area contributed by atoms with Crippen LogP contribution in [0.2, 0.25) is 0 Å². The van der Waals surface area contributed by atoms with Crippen LogP contribution in [0.4, 0.5) is 5.13 Å². The van der Waals surface area contributed by atoms with Crippen LogP contribution in [0.5, 0.6) is 11.5 Å². The zero-order valence-electron chi connectivity index (χ0n) is 13.1. The fourth-order valence-electron chi connectivity index (χ4n) is 1.97. The van der Waals surface area contributed by atoms with E-state index in [9.17, 15) is 4.79 Å². The van der Waals surface area contributed by atoms with Crippen LogP contribution >= 0.6 is 22.7 Å². The smallest absolute Gasteiger partial charge is 0.257 e. The van der Waals surface area contributed by atoms with Gasteiger partial charge in [-0.2, -0.15) is 0 Å². The number of hydrogen-bond donors (Lipinski definition) is 1. The molecule has 0 spiro atoms. The lowest BCUT2D eigenvalue weighted by Gasteiger charge is -2.11. The Morgan fingerprint density at radius 2 is 2.17 bits per heavy atom. The van der Waals surface area contributed by atoms with E-state index in [1.807, 2.05) is 17.7 Å². The zero-order chi connectivity index (χ0) is 16.9. The van der Waals surface area contributed by atoms with E-state index in [1.54, 1.807) is 23.7 Å². The van der Waals surface area contributed by atoms with E-state index in [0.717, 1.165) is 11.4 Å². The van der Waals surface area contributed by atoms with Crippen LogP contribution in [-0.4, -0.2) is 23.0 Å². The van der Waals surface area contributed by atoms with Gasteiger partial charge in [0.1, 0.15) is 6.61 Å². The lowest BCUT2D eigenvalue weighted by atomic mass is 10.2. The van der Waals surface area contributed by atoms with Gasteiger partial charge in [-0.15, -0.1) is 22.7 Å². The third-order valence-electron chi connectivity index (χ3n) is 3.12. The Morgan fingerprint density at radius 3 is 2.83 bits per heavy atom. The number of nitrogens with one attached hydrogen (secondary N) is 1. The second-order valence-electron chi connectivity index (χ2n) is 4.88. The predicted molar refractivity (Wildman–Crippen MR) is 94.2 cm³/mol. The first kappa shape index (κ1) is 16.4. The van der Waals surface area contributed by atoms with Crippen molar-refractivity contribution in [3.8, 4) is 11.5 Å². The van der Waals surface area contributed by atoms with Crippen molar-refractivity contribution in [1.29, 1.82) is 0 Å². The van der Waals surface area contributed by atoms with E-state index in [0.29, 0.717) is 28.8 Å². The number of ether oxygens (including phenoxy) is 2. The van der Waals surface area contributed by atoms with Crippen molar-refractivity contribution in [1.82, 2.24) is 9.97 Å². The maximum atomic E-state index is 12.3. The molecule has 1 aromatic carbocycles. The number of amides is 1. The molecule has 8 heteroatoms. The molecule has 0 bridgehead atoms. The second-order valence-corrected chi connectivity index (χ2v) is 6.46. The van der Waals surface area contributed by atoms with Gasteiger partial charge in [0, 0.05) is 16.3 Å². The highest BCUT2D eigenvalue weighted by atomic mass is 32.1. The molecule has 0 saturated heterocycles. The van der Waals surface area contributed by atoms with Crippen molar-refractivity contribution >= 4 is 33.7 Å². The summed E-state index contributed by atoms with van der Waals surface area (Å²) in [5, 5.41) is 7.14. The van der Waals surface area contributed by atoms with Gasteiger partial charge in [0.25, 0.3) is 5.91 Å². The number of carbonyl (C=O) groups excluding carboxylic acids is 1. The molecule has 1 N–H and O–H groups in total. The molecule has 6 nitrogen and oxygen atoms in total. The van der Waals surface area contributed by atoms with Gasteiger partial charge >= 0.3 is 0 Å². The summed E-state index contributed by atoms with van der Waals surface area (Å²) in [4.78, 5) is 20.7. The first-order chi connectivity index (χ1) is 11.7. The predicted octanol–water partition coefficient (Wildman–Crippen LogP) is 3.75. The molecule has 3 rings (SSSR count). The lowest BCUT2D eigenvalue weighted by molar-refractivity contribution is 0.102. The fourth-order valence-corrected chi connectivity index (χ4v) is 3.20. The minimum Gasteiger partial charge on any atom is -0.493 e. The third kappa shape index (κ3) is 3.90. The van der Waals surface area contributed by atoms with E-state index >= 15 is 0 Å². The average Bonchev–Trinajstić information content (AvgIpc) is 3.24. The van der Waals surface area contributed by atoms with Crippen molar-refractivity contribution in [2.75, 3.05) is 12.4 Å². The molecule has 0 aliphatic rings. The highest BCUT2D eigenvalue weighted by Crippen LogP contribution is 2.29. The third-order valence-corrected chi connectivity index (χ3v) is 4.64. The van der Waals surface area contributed by atoms with Crippen LogP contribution < -0.4 is 14.8 Å². The van der Waals surface area contributed by atoms with Gasteiger partial charge < -0.3 is 9.47 Å². The molecule has 0 saturated carbocycles. The van der Waals surface area contributed by atoms with Gasteiger partial charge in [0.05, 0.1) is 24.0 Å². The Balaban J connectivity index is 1.71. The monoisotopic (exact) mass is 361 g/mol. The van der Waals surface area contributed by atoms with Crippen molar-refractivity contribution in [3.05, 3.63) is 51.4 Å². The minimum absolute atomic E-state index is 0.242. The molecule has 3 aromatic rings. The molecule has 2 aromatic heterocycles. The SMILES string of the molecule is COc1cc(C(=O)Nc2nc(C)cs2)ccc1OCc1cscn1. The van der Waals surface area contributed by atoms with Crippen LogP contribution in [0.15, 0.2) is 34.5 Å². The molecule has 0 radical (unpaired) electrons. The highest BCUT2D eigenvalue weighted by molar-refractivity contribution is 7.14. The Hall–Kier alpha value is -2.45. The largest absolute Gasteiger partial charge is 0.493 e. The van der Waals surface area contributed by atoms with E-state index in [1.165, 1.54) is 29.8 Å². The minimum atomic E-state index is -0.242. The molecule has 0 aliphatic heterocycles. The maximum Gasteiger partial charge on any atom is 0.257 e. The van der Waals surface area contributed by atoms with Gasteiger partial charge in [-0.25, -0.2) is 9.97 Å². The van der Waals surface area contributed by atoms with Crippen LogP contribution in [-0.2, 0) is 6.61 Å². The highest BCUT2D eigenvalue weighted by Gasteiger charge is 2.13. The molecule has 0 unspecified atom stereocenters. The van der Waals surface area contributed by atoms with Crippen LogP contribution in [0.25, 0.3) is 0 Å². The van der Waals surface area contributed by atoms with E-state index in [4.69, 9.17) is 9.47 Å². The van der Waals surface area contributed by atoms with Crippen molar-refractivity contribution in [2.45, 2.75) is 13.5 Å². The average molecular weight is 361 g/mol. The van der Waals surface area contributed by atoms with Gasteiger partial charge in [-0.05, 0) is 25.1 Å². The Morgan fingerprint density at radius 1 is 1.29 bits per heavy atom. The van der Waals surface area contributed by atoms with Crippen molar-refractivity contribution in [2.24, 2.45) is 0 Å². The summed E-state index contributed by atoms with van der Waals surface area (Å²) in [6.07, 6.45) is 0. The number of hydrogen-bond acceptors (Lipinski definition) is 7. The summed E-state index contributed by atoms with van der Waals surface area (Å²) in [5.41, 5.74) is 3.95. The number of anilines is 1. The Kier molecular flexibility index (Phi) is 5.07. The number of methoxy groups -OCH3 is 1. The van der Waals surface area contributed by atoms with Crippen molar-refractivity contribution < 1.29 is 14.3 Å². The van der Waals surface area contributed by atoms with Crippen LogP contribution in [0.3, 0.4) is 0 Å². The summed E-state index contributed by atoms with van der Waals surface area (Å²) < 4.78 is 11.0. The Bertz CT molecular complexity index is 831. The molecule has 0 fully saturated rings. The Labute approximate surface area is 147 Å². The molecular weight excluding hydrogens is 346 g/mol. The van der Waals surface area contributed by atoms with Gasteiger partial charge in [-0.1, -0.05) is 0 Å². The molecule has 0 atom stereocenters. The van der Waals surface area contributed by atoms with Crippen LogP contribution in [0.1, 0.15) is 21.7 Å². The normalized spacial score (nSPS) is 10.4. The first-order valence-electron chi connectivity index (χ1n) is 7.07. The number of aromatic nitrogens is 2. The maximum absolute atomic E-state index is 12.3. The molecular formula is C16H15N3O3S2. The summed E-state index contributed by atoms with van der Waals surface area (Å²) in [6.45, 7) is 2.23. The molecule has 124 valence electrons. The van der Waals surface area contributed by atoms with Gasteiger partial charge in [-0.3, -0.25) is 10.1 Å². The van der Waals surface area contributed by atoms with Gasteiger partial charge in [0.2, 0.25) is 0 Å². The summed E-state index contributed by atoms with van der Waals surface area (Å²) in [5.74, 6) is 0.814. The zero-order valence-corrected chi connectivity index (χ0v) is 14.7. The number of nitrogens with zero attached hydrogens (tertiary/aromatic N) is 2. The molecule has 2 heterocycles. The van der Waals surface area contributed by atoms with Crippen molar-refractivity contribution in [3.63, 3.8) is 0 Å². The molecule has 0 aliphatic carbocycles. The summed E-state index contributed by atoms with van der Waals surface area (Å²) >= 11 is 2.90. The standard InChI is InChI=1S/C16H15N3O3S2/c1-10-7-24-16(18-10)19-15(20)11-3-4-13(14(5-11)21-2)22-6-12-8-23-9-17-12/h3-5,7-9H,6H2,1-2H3,(H,18,19,20). The topological polar surface area (TPSA) is 73.3 Å². The van der Waals surface area contributed by atoms with E-state index in [-0.39, 0.29) is 5.91 Å². The quantitative estimate of drug-likeness (QED) is 0.724. The van der Waals surface area contributed by atoms with Gasteiger partial charge in [0.15, 0.2) is 16.6 Å². The number of carbonyl (C=O) groups is 1. The fraction of sp³-hybridized carbons (Fsp3) is 0.188. The molecule has 24 heavy (non-hydrogen) atoms. The number of thiazole rings is 2. The van der Waals surface area contributed by atoms with E-state index in [2.05, 4.69) is 15.3 Å². The number of aryl methyl sites for hydroxylation is 1. The van der Waals surface area contributed by atoms with Crippen LogP contribution in [0, 0.1) is 6.92 Å². The number of rotatable bonds is 6. The number of benzene rings is 1. The first-order valence-corrected chi connectivity index (χ1v) is 8.89. The summed E-state index contributed by atoms with van der Waals surface area (Å²) in [6, 6.07) is 5.05. The molecule has 1 amide bonds. The second kappa shape index (κ2) is 7.41. The summed E-state index contributed by atoms with van der Waals surface area (Å²) in [7, 11) is 1.54. The lowest BCUT2D eigenvalue weighted by Crippen LogP contribution is -2.12.